The van der Waals surface area contributed by atoms with Crippen LogP contribution < -0.4 is 10.6 Å². The Balaban J connectivity index is 1.83. The number of aliphatic hydroxyl groups is 1. The van der Waals surface area contributed by atoms with Gasteiger partial charge in [0.05, 0.1) is 6.54 Å². The molecule has 0 spiro atoms. The van der Waals surface area contributed by atoms with Gasteiger partial charge in [-0.1, -0.05) is 0 Å². The van der Waals surface area contributed by atoms with E-state index in [1.54, 1.807) is 6.92 Å². The van der Waals surface area contributed by atoms with Gasteiger partial charge in [0, 0.05) is 11.6 Å². The van der Waals surface area contributed by atoms with E-state index in [0.717, 1.165) is 31.7 Å². The van der Waals surface area contributed by atoms with Gasteiger partial charge >= 0.3 is 6.03 Å². The molecule has 3 N–H and O–H groups in total. The van der Waals surface area contributed by atoms with Gasteiger partial charge in [-0.25, -0.2) is 4.79 Å². The van der Waals surface area contributed by atoms with Crippen molar-refractivity contribution in [2.24, 2.45) is 0 Å². The van der Waals surface area contributed by atoms with E-state index in [4.69, 9.17) is 4.42 Å². The molecule has 1 aromatic rings. The van der Waals surface area contributed by atoms with Crippen LogP contribution in [-0.2, 0) is 5.60 Å². The molecular weight excluding hydrogens is 282 g/mol. The number of furan rings is 1. The molecule has 22 heavy (non-hydrogen) atoms. The minimum atomic E-state index is -1.15. The van der Waals surface area contributed by atoms with Crippen molar-refractivity contribution in [2.75, 3.05) is 26.7 Å². The summed E-state index contributed by atoms with van der Waals surface area (Å²) in [5, 5.41) is 16.3. The molecule has 0 aliphatic carbocycles. The lowest BCUT2D eigenvalue weighted by Gasteiger charge is -2.30. The topological polar surface area (TPSA) is 77.7 Å². The zero-order valence-corrected chi connectivity index (χ0v) is 13.9. The first-order valence-electron chi connectivity index (χ1n) is 7.81. The first kappa shape index (κ1) is 16.8. The number of hydrogen-bond donors (Lipinski definition) is 3. The summed E-state index contributed by atoms with van der Waals surface area (Å²) in [6, 6.07) is 1.79. The van der Waals surface area contributed by atoms with Crippen LogP contribution in [0.15, 0.2) is 10.5 Å². The molecule has 6 nitrogen and oxygen atoms in total. The molecule has 1 aliphatic rings. The van der Waals surface area contributed by atoms with E-state index >= 15 is 0 Å². The van der Waals surface area contributed by atoms with E-state index < -0.39 is 5.60 Å². The van der Waals surface area contributed by atoms with Gasteiger partial charge in [-0.3, -0.25) is 0 Å². The quantitative estimate of drug-likeness (QED) is 0.787. The van der Waals surface area contributed by atoms with Crippen LogP contribution in [0.2, 0.25) is 0 Å². The van der Waals surface area contributed by atoms with Crippen molar-refractivity contribution in [3.63, 3.8) is 0 Å². The molecular formula is C16H27N3O3. The van der Waals surface area contributed by atoms with Gasteiger partial charge in [-0.2, -0.15) is 0 Å². The summed E-state index contributed by atoms with van der Waals surface area (Å²) in [6.45, 7) is 7.47. The van der Waals surface area contributed by atoms with Crippen LogP contribution in [0.1, 0.15) is 36.8 Å². The van der Waals surface area contributed by atoms with E-state index in [1.807, 2.05) is 19.9 Å². The van der Waals surface area contributed by atoms with Gasteiger partial charge in [-0.15, -0.1) is 0 Å². The third-order valence-electron chi connectivity index (χ3n) is 4.27. The summed E-state index contributed by atoms with van der Waals surface area (Å²) in [5.41, 5.74) is -0.434. The molecule has 0 radical (unpaired) electrons. The predicted octanol–water partition coefficient (Wildman–Crippen LogP) is 1.50. The molecule has 0 saturated carbocycles. The number of nitrogens with zero attached hydrogens (tertiary/aromatic N) is 1. The van der Waals surface area contributed by atoms with Crippen molar-refractivity contribution in [1.82, 2.24) is 15.5 Å². The fourth-order valence-electron chi connectivity index (χ4n) is 2.90. The minimum absolute atomic E-state index is 0.144. The van der Waals surface area contributed by atoms with Crippen LogP contribution in [0.4, 0.5) is 4.79 Å². The number of carbonyl (C=O) groups is 1. The molecule has 0 aromatic carbocycles. The molecule has 1 aromatic heterocycles. The highest BCUT2D eigenvalue weighted by molar-refractivity contribution is 5.74. The number of hydrogen-bond acceptors (Lipinski definition) is 4. The van der Waals surface area contributed by atoms with Crippen LogP contribution in [0.3, 0.4) is 0 Å². The van der Waals surface area contributed by atoms with Crippen molar-refractivity contribution < 1.29 is 14.3 Å². The van der Waals surface area contributed by atoms with E-state index in [2.05, 4.69) is 22.6 Å². The first-order chi connectivity index (χ1) is 10.3. The molecule has 6 heteroatoms. The summed E-state index contributed by atoms with van der Waals surface area (Å²) in [5.74, 6) is 1.43. The number of aryl methyl sites for hydroxylation is 2. The van der Waals surface area contributed by atoms with Crippen LogP contribution >= 0.6 is 0 Å². The van der Waals surface area contributed by atoms with E-state index in [0.29, 0.717) is 11.3 Å². The highest BCUT2D eigenvalue weighted by Crippen LogP contribution is 2.26. The Labute approximate surface area is 131 Å². The molecule has 1 aliphatic heterocycles. The number of carbonyl (C=O) groups excluding carboxylic acids is 1. The molecule has 1 fully saturated rings. The Kier molecular flexibility index (Phi) is 5.13. The molecule has 2 amide bonds. The molecule has 1 unspecified atom stereocenters. The highest BCUT2D eigenvalue weighted by atomic mass is 16.3. The zero-order valence-electron chi connectivity index (χ0n) is 13.9. The van der Waals surface area contributed by atoms with E-state index in [1.165, 1.54) is 0 Å². The Bertz CT molecular complexity index is 517. The Hall–Kier alpha value is -1.53. The van der Waals surface area contributed by atoms with Crippen LogP contribution in [-0.4, -0.2) is 48.8 Å². The maximum Gasteiger partial charge on any atom is 0.315 e. The molecule has 2 heterocycles. The van der Waals surface area contributed by atoms with Gasteiger partial charge in [0.25, 0.3) is 0 Å². The largest absolute Gasteiger partial charge is 0.466 e. The number of urea groups is 1. The Morgan fingerprint density at radius 3 is 2.64 bits per heavy atom. The third-order valence-corrected chi connectivity index (χ3v) is 4.27. The summed E-state index contributed by atoms with van der Waals surface area (Å²) in [4.78, 5) is 14.2. The fourth-order valence-corrected chi connectivity index (χ4v) is 2.90. The third kappa shape index (κ3) is 4.24. The van der Waals surface area contributed by atoms with E-state index in [-0.39, 0.29) is 18.6 Å². The van der Waals surface area contributed by atoms with Gasteiger partial charge in [-0.05, 0) is 59.8 Å². The van der Waals surface area contributed by atoms with Gasteiger partial charge < -0.3 is 25.1 Å². The second-order valence-corrected chi connectivity index (χ2v) is 6.51. The van der Waals surface area contributed by atoms with Crippen molar-refractivity contribution >= 4 is 6.03 Å². The first-order valence-corrected chi connectivity index (χ1v) is 7.81. The van der Waals surface area contributed by atoms with Gasteiger partial charge in [0.1, 0.15) is 17.1 Å². The normalized spacial score (nSPS) is 19.7. The second-order valence-electron chi connectivity index (χ2n) is 6.51. The number of nitrogens with one attached hydrogen (secondary N) is 2. The average Bonchev–Trinajstić information content (AvgIpc) is 2.79. The Morgan fingerprint density at radius 2 is 2.09 bits per heavy atom. The van der Waals surface area contributed by atoms with Crippen LogP contribution in [0.5, 0.6) is 0 Å². The van der Waals surface area contributed by atoms with Crippen LogP contribution in [0.25, 0.3) is 0 Å². The molecule has 1 atom stereocenters. The molecule has 0 bridgehead atoms. The Morgan fingerprint density at radius 1 is 1.45 bits per heavy atom. The standard InChI is InChI=1S/C16H27N3O3/c1-11-9-14(12(2)22-11)16(3,21)10-17-15(20)18-13-5-7-19(4)8-6-13/h9,13,21H,5-8,10H2,1-4H3,(H2,17,18,20). The minimum Gasteiger partial charge on any atom is -0.466 e. The van der Waals surface area contributed by atoms with Gasteiger partial charge in [0.2, 0.25) is 0 Å². The van der Waals surface area contributed by atoms with E-state index in [9.17, 15) is 9.90 Å². The zero-order chi connectivity index (χ0) is 16.3. The van der Waals surface area contributed by atoms with Crippen molar-refractivity contribution in [1.29, 1.82) is 0 Å². The predicted molar refractivity (Wildman–Crippen MR) is 84.8 cm³/mol. The number of rotatable bonds is 4. The summed E-state index contributed by atoms with van der Waals surface area (Å²) >= 11 is 0. The van der Waals surface area contributed by atoms with Crippen LogP contribution in [0, 0.1) is 13.8 Å². The summed E-state index contributed by atoms with van der Waals surface area (Å²) in [7, 11) is 2.09. The average molecular weight is 309 g/mol. The maximum absolute atomic E-state index is 12.0. The van der Waals surface area contributed by atoms with Crippen molar-refractivity contribution in [2.45, 2.75) is 45.3 Å². The number of likely N-dealkylation sites (tertiary alicyclic amines) is 1. The lowest BCUT2D eigenvalue weighted by molar-refractivity contribution is 0.0576. The number of piperidine rings is 1. The SMILES string of the molecule is Cc1cc(C(C)(O)CNC(=O)NC2CCN(C)CC2)c(C)o1. The molecule has 2 rings (SSSR count). The summed E-state index contributed by atoms with van der Waals surface area (Å²) in [6.07, 6.45) is 1.92. The summed E-state index contributed by atoms with van der Waals surface area (Å²) < 4.78 is 5.45. The van der Waals surface area contributed by atoms with Crippen molar-refractivity contribution in [3.05, 3.63) is 23.2 Å². The lowest BCUT2D eigenvalue weighted by atomic mass is 9.96. The molecule has 1 saturated heterocycles. The highest BCUT2D eigenvalue weighted by Gasteiger charge is 2.28. The number of amides is 2. The monoisotopic (exact) mass is 309 g/mol. The second kappa shape index (κ2) is 6.71. The lowest BCUT2D eigenvalue weighted by Crippen LogP contribution is -2.49. The van der Waals surface area contributed by atoms with Crippen molar-refractivity contribution in [3.8, 4) is 0 Å². The molecule has 124 valence electrons. The smallest absolute Gasteiger partial charge is 0.315 e. The fraction of sp³-hybridized carbons (Fsp3) is 0.688. The van der Waals surface area contributed by atoms with Gasteiger partial charge in [0.15, 0.2) is 0 Å². The maximum atomic E-state index is 12.0.